The first-order valence-corrected chi connectivity index (χ1v) is 8.03. The maximum atomic E-state index is 14.1. The Morgan fingerprint density at radius 2 is 1.88 bits per heavy atom. The van der Waals surface area contributed by atoms with Gasteiger partial charge in [0.25, 0.3) is 0 Å². The molecule has 6 heteroatoms. The van der Waals surface area contributed by atoms with Crippen molar-refractivity contribution in [2.75, 3.05) is 11.9 Å². The van der Waals surface area contributed by atoms with Crippen LogP contribution in [0.3, 0.4) is 0 Å². The summed E-state index contributed by atoms with van der Waals surface area (Å²) in [5, 5.41) is 7.73. The van der Waals surface area contributed by atoms with Crippen molar-refractivity contribution < 1.29 is 4.39 Å². The van der Waals surface area contributed by atoms with Gasteiger partial charge in [0.2, 0.25) is 0 Å². The minimum Gasteiger partial charge on any atom is -0.370 e. The average Bonchev–Trinajstić information content (AvgIpc) is 3.08. The number of fused-ring (bicyclic) bond motifs is 1. The smallest absolute Gasteiger partial charge is 0.165 e. The predicted octanol–water partition coefficient (Wildman–Crippen LogP) is 3.59. The van der Waals surface area contributed by atoms with Gasteiger partial charge < -0.3 is 5.32 Å². The quantitative estimate of drug-likeness (QED) is 0.606. The normalized spacial score (nSPS) is 10.9. The number of rotatable bonds is 5. The van der Waals surface area contributed by atoms with Gasteiger partial charge in [-0.2, -0.15) is 9.61 Å². The SMILES string of the molecule is Fc1ccccc1-c1cnn2c(NCCc3cccnc3)ccnc12. The molecule has 0 aliphatic heterocycles. The van der Waals surface area contributed by atoms with Crippen LogP contribution >= 0.6 is 0 Å². The molecule has 1 aromatic carbocycles. The van der Waals surface area contributed by atoms with E-state index in [1.54, 1.807) is 41.3 Å². The maximum Gasteiger partial charge on any atom is 0.165 e. The van der Waals surface area contributed by atoms with Crippen LogP contribution in [-0.2, 0) is 6.42 Å². The van der Waals surface area contributed by atoms with Crippen LogP contribution in [0.15, 0.2) is 67.3 Å². The molecule has 1 N–H and O–H groups in total. The molecule has 0 radical (unpaired) electrons. The lowest BCUT2D eigenvalue weighted by molar-refractivity contribution is 0.631. The standard InChI is InChI=1S/C19H16FN5/c20-17-6-2-1-5-15(17)16-13-24-25-18(8-11-23-19(16)25)22-10-7-14-4-3-9-21-12-14/h1-6,8-9,11-13,22H,7,10H2. The molecule has 0 unspecified atom stereocenters. The van der Waals surface area contributed by atoms with E-state index in [4.69, 9.17) is 0 Å². The number of nitrogens with one attached hydrogen (secondary N) is 1. The summed E-state index contributed by atoms with van der Waals surface area (Å²) in [4.78, 5) is 8.48. The summed E-state index contributed by atoms with van der Waals surface area (Å²) >= 11 is 0. The minimum atomic E-state index is -0.283. The third-order valence-corrected chi connectivity index (χ3v) is 4.01. The molecule has 0 aliphatic carbocycles. The lowest BCUT2D eigenvalue weighted by Crippen LogP contribution is -2.09. The number of pyridine rings is 1. The molecule has 0 spiro atoms. The third kappa shape index (κ3) is 3.06. The molecule has 5 nitrogen and oxygen atoms in total. The van der Waals surface area contributed by atoms with Gasteiger partial charge in [-0.1, -0.05) is 24.3 Å². The van der Waals surface area contributed by atoms with Gasteiger partial charge in [0.05, 0.1) is 6.20 Å². The Kier molecular flexibility index (Phi) is 4.08. The summed E-state index contributed by atoms with van der Waals surface area (Å²) in [6.45, 7) is 0.736. The first-order valence-electron chi connectivity index (χ1n) is 8.03. The zero-order chi connectivity index (χ0) is 17.1. The fourth-order valence-corrected chi connectivity index (χ4v) is 2.78. The minimum absolute atomic E-state index is 0.283. The molecule has 0 fully saturated rings. The Balaban J connectivity index is 1.60. The van der Waals surface area contributed by atoms with Crippen LogP contribution in [0.25, 0.3) is 16.8 Å². The summed E-state index contributed by atoms with van der Waals surface area (Å²) in [6.07, 6.45) is 7.81. The second kappa shape index (κ2) is 6.68. The maximum absolute atomic E-state index is 14.1. The zero-order valence-electron chi connectivity index (χ0n) is 13.4. The molecule has 4 rings (SSSR count). The molecule has 3 heterocycles. The Labute approximate surface area is 144 Å². The molecular weight excluding hydrogens is 317 g/mol. The first-order chi connectivity index (χ1) is 12.3. The van der Waals surface area contributed by atoms with Crippen LogP contribution in [0.2, 0.25) is 0 Å². The van der Waals surface area contributed by atoms with Crippen LogP contribution in [0.5, 0.6) is 0 Å². The molecule has 0 saturated carbocycles. The van der Waals surface area contributed by atoms with E-state index in [1.807, 2.05) is 24.4 Å². The predicted molar refractivity (Wildman–Crippen MR) is 94.8 cm³/mol. The van der Waals surface area contributed by atoms with Gasteiger partial charge in [-0.25, -0.2) is 9.37 Å². The van der Waals surface area contributed by atoms with Gasteiger partial charge >= 0.3 is 0 Å². The third-order valence-electron chi connectivity index (χ3n) is 4.01. The summed E-state index contributed by atoms with van der Waals surface area (Å²) in [7, 11) is 0. The van der Waals surface area contributed by atoms with Crippen LogP contribution in [0.1, 0.15) is 5.56 Å². The molecular formula is C19H16FN5. The fraction of sp³-hybridized carbons (Fsp3) is 0.105. The Hall–Kier alpha value is -3.28. The average molecular weight is 333 g/mol. The van der Waals surface area contributed by atoms with Gasteiger partial charge in [-0.15, -0.1) is 0 Å². The number of aromatic nitrogens is 4. The molecule has 0 bridgehead atoms. The molecule has 3 aromatic heterocycles. The fourth-order valence-electron chi connectivity index (χ4n) is 2.78. The number of hydrogen-bond acceptors (Lipinski definition) is 4. The van der Waals surface area contributed by atoms with Gasteiger partial charge in [-0.3, -0.25) is 4.98 Å². The molecule has 0 atom stereocenters. The van der Waals surface area contributed by atoms with Gasteiger partial charge in [0.1, 0.15) is 11.6 Å². The summed E-state index contributed by atoms with van der Waals surface area (Å²) in [5.74, 6) is 0.533. The topological polar surface area (TPSA) is 55.1 Å². The molecule has 4 aromatic rings. The number of benzene rings is 1. The van der Waals surface area contributed by atoms with Crippen molar-refractivity contribution in [2.45, 2.75) is 6.42 Å². The molecule has 25 heavy (non-hydrogen) atoms. The Bertz CT molecular complexity index is 997. The summed E-state index contributed by atoms with van der Waals surface area (Å²) in [5.41, 5.74) is 2.95. The lowest BCUT2D eigenvalue weighted by atomic mass is 10.1. The number of anilines is 1. The van der Waals surface area contributed by atoms with Crippen LogP contribution in [-0.4, -0.2) is 26.1 Å². The highest BCUT2D eigenvalue weighted by molar-refractivity contribution is 5.78. The Morgan fingerprint density at radius 1 is 0.960 bits per heavy atom. The molecule has 0 aliphatic rings. The van der Waals surface area contributed by atoms with E-state index in [0.29, 0.717) is 16.8 Å². The van der Waals surface area contributed by atoms with Crippen molar-refractivity contribution in [2.24, 2.45) is 0 Å². The largest absolute Gasteiger partial charge is 0.370 e. The van der Waals surface area contributed by atoms with Gasteiger partial charge in [0.15, 0.2) is 5.65 Å². The van der Waals surface area contributed by atoms with E-state index in [0.717, 1.165) is 24.3 Å². The van der Waals surface area contributed by atoms with Crippen molar-refractivity contribution in [3.05, 3.63) is 78.6 Å². The Morgan fingerprint density at radius 3 is 2.72 bits per heavy atom. The van der Waals surface area contributed by atoms with E-state index in [2.05, 4.69) is 20.4 Å². The van der Waals surface area contributed by atoms with E-state index >= 15 is 0 Å². The van der Waals surface area contributed by atoms with E-state index in [9.17, 15) is 4.39 Å². The van der Waals surface area contributed by atoms with Crippen molar-refractivity contribution in [3.8, 4) is 11.1 Å². The lowest BCUT2D eigenvalue weighted by Gasteiger charge is -2.08. The first kappa shape index (κ1) is 15.3. The highest BCUT2D eigenvalue weighted by Gasteiger charge is 2.13. The second-order valence-corrected chi connectivity index (χ2v) is 5.64. The van der Waals surface area contributed by atoms with Crippen LogP contribution < -0.4 is 5.32 Å². The summed E-state index contributed by atoms with van der Waals surface area (Å²) in [6, 6.07) is 12.5. The highest BCUT2D eigenvalue weighted by atomic mass is 19.1. The van der Waals surface area contributed by atoms with Gasteiger partial charge in [-0.05, 0) is 30.2 Å². The summed E-state index contributed by atoms with van der Waals surface area (Å²) < 4.78 is 15.8. The number of halogens is 1. The van der Waals surface area contributed by atoms with Crippen molar-refractivity contribution >= 4 is 11.5 Å². The van der Waals surface area contributed by atoms with Crippen molar-refractivity contribution in [3.63, 3.8) is 0 Å². The number of hydrogen-bond donors (Lipinski definition) is 1. The van der Waals surface area contributed by atoms with E-state index < -0.39 is 0 Å². The number of nitrogens with zero attached hydrogens (tertiary/aromatic N) is 4. The van der Waals surface area contributed by atoms with Crippen molar-refractivity contribution in [1.29, 1.82) is 0 Å². The van der Waals surface area contributed by atoms with Crippen LogP contribution in [0.4, 0.5) is 10.2 Å². The molecule has 124 valence electrons. The highest BCUT2D eigenvalue weighted by Crippen LogP contribution is 2.26. The van der Waals surface area contributed by atoms with Crippen LogP contribution in [0, 0.1) is 5.82 Å². The van der Waals surface area contributed by atoms with E-state index in [1.165, 1.54) is 6.07 Å². The van der Waals surface area contributed by atoms with E-state index in [-0.39, 0.29) is 5.82 Å². The molecule has 0 saturated heterocycles. The monoisotopic (exact) mass is 333 g/mol. The zero-order valence-corrected chi connectivity index (χ0v) is 13.4. The second-order valence-electron chi connectivity index (χ2n) is 5.64. The van der Waals surface area contributed by atoms with Gasteiger partial charge in [0, 0.05) is 36.3 Å². The molecule has 0 amide bonds. The van der Waals surface area contributed by atoms with Crippen molar-refractivity contribution in [1.82, 2.24) is 19.6 Å².